The third-order valence-corrected chi connectivity index (χ3v) is 5.86. The summed E-state index contributed by atoms with van der Waals surface area (Å²) < 4.78 is 87.9. The average Bonchev–Trinajstić information content (AvgIpc) is 3.19. The van der Waals surface area contributed by atoms with Gasteiger partial charge in [-0.3, -0.25) is 4.79 Å². The lowest BCUT2D eigenvalue weighted by atomic mass is 10.2. The lowest BCUT2D eigenvalue weighted by Gasteiger charge is -2.11. The predicted molar refractivity (Wildman–Crippen MR) is 103 cm³/mol. The SMILES string of the molecule is O=C(CNS(=O)(=O)c1cc(C(F)(F)F)ccc1Cl)OCc1coc(-c2ccc(F)cc2)n1. The number of aromatic nitrogens is 1. The molecule has 0 spiro atoms. The monoisotopic (exact) mass is 492 g/mol. The summed E-state index contributed by atoms with van der Waals surface area (Å²) in [6, 6.07) is 7.08. The van der Waals surface area contributed by atoms with Gasteiger partial charge in [0.15, 0.2) is 0 Å². The maximum atomic E-state index is 13.0. The molecule has 1 N–H and O–H groups in total. The van der Waals surface area contributed by atoms with Gasteiger partial charge in [-0.2, -0.15) is 17.9 Å². The van der Waals surface area contributed by atoms with Crippen LogP contribution in [-0.2, 0) is 32.3 Å². The largest absolute Gasteiger partial charge is 0.458 e. The number of benzene rings is 2. The Morgan fingerprint density at radius 2 is 1.84 bits per heavy atom. The van der Waals surface area contributed by atoms with E-state index in [9.17, 15) is 30.8 Å². The first-order valence-electron chi connectivity index (χ1n) is 8.68. The first-order chi connectivity index (χ1) is 15.0. The van der Waals surface area contributed by atoms with Crippen LogP contribution in [0.5, 0.6) is 0 Å². The first-order valence-corrected chi connectivity index (χ1v) is 10.5. The number of oxazole rings is 1. The summed E-state index contributed by atoms with van der Waals surface area (Å²) >= 11 is 5.71. The van der Waals surface area contributed by atoms with Crippen molar-refractivity contribution in [1.29, 1.82) is 0 Å². The molecular weight excluding hydrogens is 480 g/mol. The Morgan fingerprint density at radius 1 is 1.16 bits per heavy atom. The zero-order valence-electron chi connectivity index (χ0n) is 15.8. The molecule has 0 aliphatic heterocycles. The minimum atomic E-state index is -4.78. The zero-order chi connectivity index (χ0) is 23.5. The summed E-state index contributed by atoms with van der Waals surface area (Å²) in [6.07, 6.45) is -3.59. The van der Waals surface area contributed by atoms with E-state index in [1.54, 1.807) is 0 Å². The van der Waals surface area contributed by atoms with E-state index in [1.807, 2.05) is 4.72 Å². The lowest BCUT2D eigenvalue weighted by Crippen LogP contribution is -2.31. The molecule has 0 radical (unpaired) electrons. The van der Waals surface area contributed by atoms with Crippen LogP contribution in [0.25, 0.3) is 11.5 Å². The van der Waals surface area contributed by atoms with Gasteiger partial charge in [0.1, 0.15) is 35.8 Å². The summed E-state index contributed by atoms with van der Waals surface area (Å²) in [5.41, 5.74) is -0.538. The summed E-state index contributed by atoms with van der Waals surface area (Å²) in [7, 11) is -4.53. The van der Waals surface area contributed by atoms with Gasteiger partial charge in [-0.05, 0) is 42.5 Å². The second kappa shape index (κ2) is 9.27. The summed E-state index contributed by atoms with van der Waals surface area (Å²) in [4.78, 5) is 15.1. The number of esters is 1. The number of nitrogens with zero attached hydrogens (tertiary/aromatic N) is 1. The molecule has 2 aromatic carbocycles. The van der Waals surface area contributed by atoms with Crippen molar-refractivity contribution < 1.29 is 39.9 Å². The van der Waals surface area contributed by atoms with Gasteiger partial charge in [0, 0.05) is 5.56 Å². The Kier molecular flexibility index (Phi) is 6.86. The van der Waals surface area contributed by atoms with E-state index in [2.05, 4.69) is 4.98 Å². The Bertz CT molecular complexity index is 1230. The van der Waals surface area contributed by atoms with E-state index >= 15 is 0 Å². The summed E-state index contributed by atoms with van der Waals surface area (Å²) in [5.74, 6) is -1.32. The highest BCUT2D eigenvalue weighted by atomic mass is 35.5. The van der Waals surface area contributed by atoms with Gasteiger partial charge in [-0.25, -0.2) is 17.8 Å². The van der Waals surface area contributed by atoms with Crippen molar-refractivity contribution >= 4 is 27.6 Å². The van der Waals surface area contributed by atoms with Crippen molar-refractivity contribution in [3.63, 3.8) is 0 Å². The quantitative estimate of drug-likeness (QED) is 0.392. The number of alkyl halides is 3. The molecule has 32 heavy (non-hydrogen) atoms. The second-order valence-electron chi connectivity index (χ2n) is 6.28. The number of carbonyl (C=O) groups excluding carboxylic acids is 1. The number of hydrogen-bond donors (Lipinski definition) is 1. The molecule has 13 heteroatoms. The van der Waals surface area contributed by atoms with E-state index in [0.29, 0.717) is 17.7 Å². The Hall–Kier alpha value is -2.96. The Labute approximate surface area is 184 Å². The van der Waals surface area contributed by atoms with Crippen molar-refractivity contribution in [3.8, 4) is 11.5 Å². The van der Waals surface area contributed by atoms with Crippen LogP contribution in [0.3, 0.4) is 0 Å². The van der Waals surface area contributed by atoms with Crippen LogP contribution < -0.4 is 4.72 Å². The van der Waals surface area contributed by atoms with Gasteiger partial charge >= 0.3 is 12.1 Å². The number of sulfonamides is 1. The third kappa shape index (κ3) is 5.84. The van der Waals surface area contributed by atoms with Crippen molar-refractivity contribution in [2.75, 3.05) is 6.54 Å². The van der Waals surface area contributed by atoms with Crippen LogP contribution in [0.15, 0.2) is 58.0 Å². The Morgan fingerprint density at radius 3 is 2.50 bits per heavy atom. The molecule has 0 atom stereocenters. The van der Waals surface area contributed by atoms with Gasteiger partial charge < -0.3 is 9.15 Å². The minimum Gasteiger partial charge on any atom is -0.458 e. The summed E-state index contributed by atoms with van der Waals surface area (Å²) in [6.45, 7) is -1.23. The molecule has 0 amide bonds. The maximum absolute atomic E-state index is 13.0. The predicted octanol–water partition coefficient (Wildman–Crippen LogP) is 4.17. The fourth-order valence-electron chi connectivity index (χ4n) is 2.42. The molecule has 7 nitrogen and oxygen atoms in total. The van der Waals surface area contributed by atoms with Crippen LogP contribution in [-0.4, -0.2) is 25.9 Å². The number of rotatable bonds is 7. The molecule has 3 aromatic rings. The molecule has 0 saturated heterocycles. The fraction of sp³-hybridized carbons (Fsp3) is 0.158. The van der Waals surface area contributed by atoms with Crippen LogP contribution in [0, 0.1) is 5.82 Å². The van der Waals surface area contributed by atoms with E-state index in [4.69, 9.17) is 20.8 Å². The first kappa shape index (κ1) is 23.7. The van der Waals surface area contributed by atoms with Crippen molar-refractivity contribution in [2.24, 2.45) is 0 Å². The van der Waals surface area contributed by atoms with Crippen LogP contribution in [0.2, 0.25) is 5.02 Å². The molecule has 0 unspecified atom stereocenters. The van der Waals surface area contributed by atoms with Crippen LogP contribution >= 0.6 is 11.6 Å². The van der Waals surface area contributed by atoms with Crippen molar-refractivity contribution in [1.82, 2.24) is 9.71 Å². The topological polar surface area (TPSA) is 98.5 Å². The number of halogens is 5. The number of nitrogens with one attached hydrogen (secondary N) is 1. The highest BCUT2D eigenvalue weighted by molar-refractivity contribution is 7.89. The van der Waals surface area contributed by atoms with E-state index in [1.165, 1.54) is 30.5 Å². The third-order valence-electron chi connectivity index (χ3n) is 3.98. The standard InChI is InChI=1S/C19H13ClF4N2O5S/c20-15-6-3-12(19(22,23)24)7-16(15)32(28,29)25-8-17(27)30-9-14-10-31-18(26-14)11-1-4-13(21)5-2-11/h1-7,10,25H,8-9H2. The van der Waals surface area contributed by atoms with Crippen LogP contribution in [0.4, 0.5) is 17.6 Å². The maximum Gasteiger partial charge on any atom is 0.416 e. The molecule has 0 bridgehead atoms. The molecule has 3 rings (SSSR count). The van der Waals surface area contributed by atoms with E-state index in [0.717, 1.165) is 6.07 Å². The normalized spacial score (nSPS) is 12.0. The Balaban J connectivity index is 1.59. The van der Waals surface area contributed by atoms with Gasteiger partial charge in [-0.15, -0.1) is 0 Å². The van der Waals surface area contributed by atoms with Gasteiger partial charge in [0.25, 0.3) is 0 Å². The molecule has 0 aliphatic carbocycles. The fourth-order valence-corrected chi connectivity index (χ4v) is 3.91. The highest BCUT2D eigenvalue weighted by Crippen LogP contribution is 2.33. The van der Waals surface area contributed by atoms with Crippen LogP contribution in [0.1, 0.15) is 11.3 Å². The van der Waals surface area contributed by atoms with Crippen molar-refractivity contribution in [3.05, 3.63) is 70.8 Å². The van der Waals surface area contributed by atoms with Gasteiger partial charge in [-0.1, -0.05) is 11.6 Å². The smallest absolute Gasteiger partial charge is 0.416 e. The molecule has 0 fully saturated rings. The molecule has 0 saturated carbocycles. The zero-order valence-corrected chi connectivity index (χ0v) is 17.4. The number of carbonyl (C=O) groups is 1. The van der Waals surface area contributed by atoms with E-state index < -0.39 is 50.0 Å². The van der Waals surface area contributed by atoms with E-state index in [-0.39, 0.29) is 18.2 Å². The minimum absolute atomic E-state index is 0.149. The molecule has 170 valence electrons. The summed E-state index contributed by atoms with van der Waals surface area (Å²) in [5, 5.41) is -0.449. The van der Waals surface area contributed by atoms with Gasteiger partial charge in [0.05, 0.1) is 10.6 Å². The number of ether oxygens (including phenoxy) is 1. The highest BCUT2D eigenvalue weighted by Gasteiger charge is 2.32. The molecule has 1 heterocycles. The molecule has 0 aliphatic rings. The molecular formula is C19H13ClF4N2O5S. The lowest BCUT2D eigenvalue weighted by molar-refractivity contribution is -0.143. The second-order valence-corrected chi connectivity index (χ2v) is 8.42. The van der Waals surface area contributed by atoms with Crippen molar-refractivity contribution in [2.45, 2.75) is 17.7 Å². The average molecular weight is 493 g/mol. The van der Waals surface area contributed by atoms with Gasteiger partial charge in [0.2, 0.25) is 15.9 Å². The molecule has 1 aromatic heterocycles. The number of hydrogen-bond acceptors (Lipinski definition) is 6.